The maximum Gasteiger partial charge on any atom is 0.0771 e. The van der Waals surface area contributed by atoms with Crippen LogP contribution in [0.4, 0.5) is 5.69 Å². The molecule has 5 nitrogen and oxygen atoms in total. The molecule has 1 aliphatic heterocycles. The van der Waals surface area contributed by atoms with Gasteiger partial charge in [0.15, 0.2) is 0 Å². The molecule has 1 saturated heterocycles. The van der Waals surface area contributed by atoms with Gasteiger partial charge in [-0.3, -0.25) is 4.68 Å². The van der Waals surface area contributed by atoms with E-state index in [1.807, 2.05) is 18.0 Å². The van der Waals surface area contributed by atoms with Crippen molar-refractivity contribution < 1.29 is 9.47 Å². The molecule has 1 aromatic heterocycles. The fourth-order valence-corrected chi connectivity index (χ4v) is 3.26. The Morgan fingerprint density at radius 2 is 2.35 bits per heavy atom. The third-order valence-corrected chi connectivity index (χ3v) is 4.38. The summed E-state index contributed by atoms with van der Waals surface area (Å²) < 4.78 is 13.1. The number of nitrogens with one attached hydrogen (secondary N) is 1. The molecule has 0 radical (unpaired) electrons. The molecule has 1 aromatic rings. The number of nitrogens with zero attached hydrogens (tertiary/aromatic N) is 2. The van der Waals surface area contributed by atoms with Crippen LogP contribution in [0.25, 0.3) is 0 Å². The van der Waals surface area contributed by atoms with Crippen LogP contribution >= 0.6 is 0 Å². The molecular formula is C15H25N3O2. The first-order valence-corrected chi connectivity index (χ1v) is 7.77. The number of hydrogen-bond acceptors (Lipinski definition) is 4. The summed E-state index contributed by atoms with van der Waals surface area (Å²) in [6, 6.07) is 0.508. The number of rotatable bonds is 5. The highest BCUT2D eigenvalue weighted by atomic mass is 16.5. The Bertz CT molecular complexity index is 415. The van der Waals surface area contributed by atoms with Crippen molar-refractivity contribution in [2.75, 3.05) is 19.0 Å². The first-order valence-electron chi connectivity index (χ1n) is 7.77. The predicted octanol–water partition coefficient (Wildman–Crippen LogP) is 2.43. The zero-order valence-corrected chi connectivity index (χ0v) is 12.3. The Morgan fingerprint density at radius 1 is 1.40 bits per heavy atom. The normalized spacial score (nSPS) is 30.6. The summed E-state index contributed by atoms with van der Waals surface area (Å²) >= 11 is 0. The molecule has 2 fully saturated rings. The van der Waals surface area contributed by atoms with Gasteiger partial charge in [0, 0.05) is 26.0 Å². The Morgan fingerprint density at radius 3 is 3.15 bits per heavy atom. The second kappa shape index (κ2) is 6.59. The lowest BCUT2D eigenvalue weighted by Gasteiger charge is -2.29. The fourth-order valence-electron chi connectivity index (χ4n) is 3.26. The van der Waals surface area contributed by atoms with Crippen LogP contribution in [0.3, 0.4) is 0 Å². The molecule has 3 atom stereocenters. The summed E-state index contributed by atoms with van der Waals surface area (Å²) in [5.74, 6) is 0. The maximum absolute atomic E-state index is 5.65. The third-order valence-electron chi connectivity index (χ3n) is 4.38. The van der Waals surface area contributed by atoms with Gasteiger partial charge in [-0.25, -0.2) is 0 Å². The van der Waals surface area contributed by atoms with Crippen LogP contribution in [0, 0.1) is 0 Å². The van der Waals surface area contributed by atoms with Gasteiger partial charge in [-0.1, -0.05) is 0 Å². The average Bonchev–Trinajstić information content (AvgIpc) is 3.12. The molecule has 1 aliphatic carbocycles. The van der Waals surface area contributed by atoms with Gasteiger partial charge in [0.2, 0.25) is 0 Å². The molecule has 2 heterocycles. The van der Waals surface area contributed by atoms with Gasteiger partial charge in [0.25, 0.3) is 0 Å². The number of methoxy groups -OCH3 is 1. The molecule has 1 N–H and O–H groups in total. The van der Waals surface area contributed by atoms with Crippen LogP contribution in [0.2, 0.25) is 0 Å². The molecular weight excluding hydrogens is 254 g/mol. The van der Waals surface area contributed by atoms with Gasteiger partial charge >= 0.3 is 0 Å². The van der Waals surface area contributed by atoms with Gasteiger partial charge in [-0.05, 0) is 38.5 Å². The quantitative estimate of drug-likeness (QED) is 0.899. The van der Waals surface area contributed by atoms with Crippen LogP contribution in [0.15, 0.2) is 12.4 Å². The maximum atomic E-state index is 5.65. The molecule has 3 rings (SSSR count). The zero-order valence-electron chi connectivity index (χ0n) is 12.3. The number of anilines is 1. The van der Waals surface area contributed by atoms with Crippen LogP contribution in [0.5, 0.6) is 0 Å². The Labute approximate surface area is 120 Å². The summed E-state index contributed by atoms with van der Waals surface area (Å²) in [6.07, 6.45) is 11.8. The summed E-state index contributed by atoms with van der Waals surface area (Å²) in [5, 5.41) is 8.01. The first kappa shape index (κ1) is 13.9. The van der Waals surface area contributed by atoms with E-state index in [1.165, 1.54) is 25.7 Å². The lowest BCUT2D eigenvalue weighted by atomic mass is 9.93. The van der Waals surface area contributed by atoms with E-state index in [1.54, 1.807) is 0 Å². The lowest BCUT2D eigenvalue weighted by Crippen LogP contribution is -2.30. The second-order valence-electron chi connectivity index (χ2n) is 5.95. The molecule has 20 heavy (non-hydrogen) atoms. The van der Waals surface area contributed by atoms with Gasteiger partial charge < -0.3 is 14.8 Å². The Hall–Kier alpha value is -1.07. The fraction of sp³-hybridized carbons (Fsp3) is 0.800. The minimum Gasteiger partial charge on any atom is -0.381 e. The monoisotopic (exact) mass is 279 g/mol. The van der Waals surface area contributed by atoms with Crippen molar-refractivity contribution in [3.05, 3.63) is 12.4 Å². The molecule has 112 valence electrons. The highest BCUT2D eigenvalue weighted by Gasteiger charge is 2.22. The van der Waals surface area contributed by atoms with Crippen molar-refractivity contribution in [3.8, 4) is 0 Å². The van der Waals surface area contributed by atoms with E-state index in [-0.39, 0.29) is 0 Å². The molecule has 2 aliphatic rings. The molecule has 5 heteroatoms. The summed E-state index contributed by atoms with van der Waals surface area (Å²) in [6.45, 7) is 1.77. The SMILES string of the molecule is COC1CCCC(Nc2cnn(CC3CCCO3)c2)C1. The van der Waals surface area contributed by atoms with Gasteiger partial charge in [-0.2, -0.15) is 5.10 Å². The molecule has 0 bridgehead atoms. The van der Waals surface area contributed by atoms with Crippen LogP contribution in [0.1, 0.15) is 38.5 Å². The highest BCUT2D eigenvalue weighted by molar-refractivity contribution is 5.39. The van der Waals surface area contributed by atoms with Crippen LogP contribution in [-0.2, 0) is 16.0 Å². The van der Waals surface area contributed by atoms with Gasteiger partial charge in [-0.15, -0.1) is 0 Å². The Balaban J connectivity index is 1.51. The van der Waals surface area contributed by atoms with Crippen molar-refractivity contribution in [2.24, 2.45) is 0 Å². The van der Waals surface area contributed by atoms with E-state index < -0.39 is 0 Å². The van der Waals surface area contributed by atoms with Gasteiger partial charge in [0.1, 0.15) is 0 Å². The first-order chi connectivity index (χ1) is 9.83. The molecule has 0 amide bonds. The van der Waals surface area contributed by atoms with Crippen molar-refractivity contribution >= 4 is 5.69 Å². The van der Waals surface area contributed by atoms with Crippen molar-refractivity contribution in [1.29, 1.82) is 0 Å². The van der Waals surface area contributed by atoms with E-state index in [9.17, 15) is 0 Å². The molecule has 0 aromatic carbocycles. The van der Waals surface area contributed by atoms with Crippen LogP contribution in [-0.4, -0.2) is 41.7 Å². The minimum atomic E-state index is 0.343. The third kappa shape index (κ3) is 3.52. The van der Waals surface area contributed by atoms with Crippen molar-refractivity contribution in [2.45, 2.75) is 63.3 Å². The summed E-state index contributed by atoms with van der Waals surface area (Å²) in [7, 11) is 1.81. The lowest BCUT2D eigenvalue weighted by molar-refractivity contribution is 0.0669. The number of ether oxygens (including phenoxy) is 2. The van der Waals surface area contributed by atoms with Crippen LogP contribution < -0.4 is 5.32 Å². The summed E-state index contributed by atoms with van der Waals surface area (Å²) in [4.78, 5) is 0. The van der Waals surface area contributed by atoms with Crippen molar-refractivity contribution in [3.63, 3.8) is 0 Å². The second-order valence-corrected chi connectivity index (χ2v) is 5.95. The molecule has 0 spiro atoms. The highest BCUT2D eigenvalue weighted by Crippen LogP contribution is 2.24. The van der Waals surface area contributed by atoms with E-state index in [4.69, 9.17) is 9.47 Å². The average molecular weight is 279 g/mol. The van der Waals surface area contributed by atoms with E-state index in [2.05, 4.69) is 16.6 Å². The van der Waals surface area contributed by atoms with E-state index in [0.717, 1.165) is 31.7 Å². The number of aromatic nitrogens is 2. The smallest absolute Gasteiger partial charge is 0.0771 e. The molecule has 3 unspecified atom stereocenters. The van der Waals surface area contributed by atoms with E-state index in [0.29, 0.717) is 18.2 Å². The molecule has 1 saturated carbocycles. The van der Waals surface area contributed by atoms with Crippen molar-refractivity contribution in [1.82, 2.24) is 9.78 Å². The predicted molar refractivity (Wildman–Crippen MR) is 77.9 cm³/mol. The topological polar surface area (TPSA) is 48.3 Å². The zero-order chi connectivity index (χ0) is 13.8. The minimum absolute atomic E-state index is 0.343. The number of hydrogen-bond donors (Lipinski definition) is 1. The van der Waals surface area contributed by atoms with E-state index >= 15 is 0 Å². The van der Waals surface area contributed by atoms with Gasteiger partial charge in [0.05, 0.1) is 30.6 Å². The largest absolute Gasteiger partial charge is 0.381 e. The Kier molecular flexibility index (Phi) is 4.58. The summed E-state index contributed by atoms with van der Waals surface area (Å²) in [5.41, 5.74) is 1.12. The standard InChI is InChI=1S/C15H25N3O2/c1-19-14-5-2-4-12(8-14)17-13-9-16-18(10-13)11-15-6-3-7-20-15/h9-10,12,14-15,17H,2-8,11H2,1H3.